The number of benzene rings is 12. The summed E-state index contributed by atoms with van der Waals surface area (Å²) in [5.74, 6) is -2.30. The molecule has 0 aliphatic heterocycles. The van der Waals surface area contributed by atoms with Crippen LogP contribution >= 0.6 is 0 Å². The molecule has 0 fully saturated rings. The Bertz CT molecular complexity index is 6880. The van der Waals surface area contributed by atoms with Gasteiger partial charge in [-0.3, -0.25) is 0 Å². The van der Waals surface area contributed by atoms with E-state index >= 15 is 17.6 Å². The summed E-state index contributed by atoms with van der Waals surface area (Å²) >= 11 is 0. The average Bonchev–Trinajstić information content (AvgIpc) is 1.54. The van der Waals surface area contributed by atoms with E-state index in [1.807, 2.05) is 151 Å². The number of rotatable bonds is 8. The number of aryl methyl sites for hydroxylation is 4. The summed E-state index contributed by atoms with van der Waals surface area (Å²) in [6, 6.07) is 67.4. The van der Waals surface area contributed by atoms with E-state index in [1.54, 1.807) is 12.1 Å². The molecule has 0 bridgehead atoms. The van der Waals surface area contributed by atoms with E-state index in [1.165, 1.54) is 30.3 Å². The van der Waals surface area contributed by atoms with Gasteiger partial charge >= 0.3 is 0 Å². The van der Waals surface area contributed by atoms with Crippen LogP contribution in [0.25, 0.3) is 166 Å². The lowest BCUT2D eigenvalue weighted by Gasteiger charge is -2.21. The van der Waals surface area contributed by atoms with Crippen LogP contribution in [0.3, 0.4) is 0 Å². The van der Waals surface area contributed by atoms with Crippen molar-refractivity contribution in [3.8, 4) is 57.1 Å². The fourth-order valence-electron chi connectivity index (χ4n) is 17.0. The fourth-order valence-corrected chi connectivity index (χ4v) is 17.0. The number of allylic oxidation sites excluding steroid dienone is 2. The molecule has 0 atom stereocenters. The van der Waals surface area contributed by atoms with Crippen LogP contribution in [-0.2, 0) is 19.3 Å². The lowest BCUT2D eigenvalue weighted by atomic mass is 9.96. The monoisotopic (exact) mass is 1330 g/mol. The minimum Gasteiger partial charge on any atom is -0.456 e. The van der Waals surface area contributed by atoms with E-state index in [0.717, 1.165) is 146 Å². The lowest BCUT2D eigenvalue weighted by molar-refractivity contribution is 0.562. The van der Waals surface area contributed by atoms with Crippen molar-refractivity contribution in [1.82, 2.24) is 18.3 Å². The number of hydrogen-bond acceptors (Lipinski definition) is 4. The van der Waals surface area contributed by atoms with Gasteiger partial charge in [0, 0.05) is 77.3 Å². The third-order valence-electron chi connectivity index (χ3n) is 21.4. The summed E-state index contributed by atoms with van der Waals surface area (Å²) in [6.45, 7) is 5.99. The van der Waals surface area contributed by atoms with Crippen LogP contribution in [0.4, 0.5) is 17.6 Å². The summed E-state index contributed by atoms with van der Waals surface area (Å²) in [7, 11) is 0. The number of para-hydroxylation sites is 2. The Morgan fingerprint density at radius 2 is 0.912 bits per heavy atom. The molecule has 0 spiro atoms. The first-order chi connectivity index (χ1) is 49.9. The van der Waals surface area contributed by atoms with Crippen LogP contribution in [0.2, 0.25) is 0 Å². The summed E-state index contributed by atoms with van der Waals surface area (Å²) in [4.78, 5) is 0. The molecule has 486 valence electrons. The molecular weight excluding hydrogens is 1270 g/mol. The highest BCUT2D eigenvalue weighted by Gasteiger charge is 2.31. The molecule has 12 heteroatoms. The van der Waals surface area contributed by atoms with Crippen molar-refractivity contribution in [2.45, 2.75) is 52.9 Å². The second kappa shape index (κ2) is 22.1. The summed E-state index contributed by atoms with van der Waals surface area (Å²) < 4.78 is 90.5. The van der Waals surface area contributed by atoms with Gasteiger partial charge in [-0.05, 0) is 201 Å². The van der Waals surface area contributed by atoms with Crippen LogP contribution in [0.5, 0.6) is 0 Å². The molecule has 0 radical (unpaired) electrons. The first kappa shape index (κ1) is 59.2. The van der Waals surface area contributed by atoms with Gasteiger partial charge in [0.2, 0.25) is 0 Å². The molecule has 2 aliphatic carbocycles. The summed E-state index contributed by atoms with van der Waals surface area (Å²) in [5.41, 5.74) is 17.1. The van der Waals surface area contributed by atoms with E-state index in [2.05, 4.69) is 82.0 Å². The minimum absolute atomic E-state index is 0.172. The molecule has 12 aromatic carbocycles. The first-order valence-corrected chi connectivity index (χ1v) is 34.3. The highest BCUT2D eigenvalue weighted by Crippen LogP contribution is 2.49. The van der Waals surface area contributed by atoms with E-state index in [4.69, 9.17) is 8.83 Å². The Hall–Kier alpha value is -12.9. The highest BCUT2D eigenvalue weighted by atomic mass is 19.1. The van der Waals surface area contributed by atoms with E-state index in [9.17, 15) is 10.5 Å². The van der Waals surface area contributed by atoms with E-state index in [-0.39, 0.29) is 34.2 Å². The average molecular weight is 1330 g/mol. The number of halogens is 4. The van der Waals surface area contributed by atoms with Crippen molar-refractivity contribution in [2.75, 3.05) is 0 Å². The second-order valence-corrected chi connectivity index (χ2v) is 27.4. The van der Waals surface area contributed by atoms with Gasteiger partial charge in [-0.15, -0.1) is 0 Å². The molecule has 6 heterocycles. The minimum atomic E-state index is -0.779. The van der Waals surface area contributed by atoms with Gasteiger partial charge in [0.25, 0.3) is 0 Å². The van der Waals surface area contributed by atoms with Gasteiger partial charge in [0.05, 0.1) is 72.3 Å². The number of hydrogen-bond donors (Lipinski definition) is 0. The van der Waals surface area contributed by atoms with Gasteiger partial charge in [-0.25, -0.2) is 17.6 Å². The van der Waals surface area contributed by atoms with Crippen molar-refractivity contribution in [2.24, 2.45) is 0 Å². The maximum absolute atomic E-state index is 18.1. The molecule has 0 N–H and O–H groups in total. The largest absolute Gasteiger partial charge is 0.456 e. The van der Waals surface area contributed by atoms with Crippen LogP contribution in [0.15, 0.2) is 221 Å². The number of nitriles is 2. The Morgan fingerprint density at radius 1 is 0.402 bits per heavy atom. The SMILES string of the molecule is Cc1ccc2c3ccc(C)cc3n(-c3cc(-c4c(F)cccc4F)cc(-n4c5cc(C)ccc5c5ccc(Cc6c(F)cc(-c7cc(-n8c9c(c%10ccc%11oc%12c(c%11c%108)CCC=C%12)C=CCC9)c(C#N)c(-n8c9ccccc9c9ccc%10oc%11ccccc%11c%10c98)c7)cc6F)cc54)c3C#N)c2c1. The van der Waals surface area contributed by atoms with Gasteiger partial charge < -0.3 is 27.1 Å². The normalized spacial score (nSPS) is 13.0. The zero-order valence-corrected chi connectivity index (χ0v) is 55.4. The van der Waals surface area contributed by atoms with Crippen LogP contribution in [-0.4, -0.2) is 18.3 Å². The quantitative estimate of drug-likeness (QED) is 0.142. The topological polar surface area (TPSA) is 93.6 Å². The highest BCUT2D eigenvalue weighted by molar-refractivity contribution is 6.25. The molecule has 102 heavy (non-hydrogen) atoms. The van der Waals surface area contributed by atoms with Crippen LogP contribution in [0.1, 0.15) is 74.4 Å². The molecule has 0 amide bonds. The molecule has 0 saturated heterocycles. The molecule has 0 unspecified atom stereocenters. The Kier molecular flexibility index (Phi) is 12.8. The molecule has 20 rings (SSSR count). The third kappa shape index (κ3) is 8.53. The zero-order chi connectivity index (χ0) is 68.7. The number of aromatic nitrogens is 4. The van der Waals surface area contributed by atoms with E-state index in [0.29, 0.717) is 68.1 Å². The van der Waals surface area contributed by atoms with Gasteiger partial charge in [0.15, 0.2) is 0 Å². The number of fused-ring (bicyclic) bond motifs is 20. The Labute approximate surface area is 580 Å². The fraction of sp³-hybridized carbons (Fsp3) is 0.0889. The second-order valence-electron chi connectivity index (χ2n) is 27.4. The predicted molar refractivity (Wildman–Crippen MR) is 402 cm³/mol. The molecule has 2 aliphatic rings. The van der Waals surface area contributed by atoms with Crippen molar-refractivity contribution in [1.29, 1.82) is 10.5 Å². The zero-order valence-electron chi connectivity index (χ0n) is 55.4. The first-order valence-electron chi connectivity index (χ1n) is 34.3. The van der Waals surface area contributed by atoms with Crippen molar-refractivity contribution in [3.05, 3.63) is 297 Å². The number of furan rings is 2. The van der Waals surface area contributed by atoms with Crippen LogP contribution in [0, 0.1) is 66.7 Å². The van der Waals surface area contributed by atoms with E-state index < -0.39 is 23.3 Å². The van der Waals surface area contributed by atoms with Crippen molar-refractivity contribution >= 4 is 121 Å². The Balaban J connectivity index is 0.803. The van der Waals surface area contributed by atoms with Gasteiger partial charge in [-0.1, -0.05) is 109 Å². The molecule has 6 aromatic heterocycles. The lowest BCUT2D eigenvalue weighted by Crippen LogP contribution is -2.09. The van der Waals surface area contributed by atoms with Gasteiger partial charge in [-0.2, -0.15) is 10.5 Å². The Morgan fingerprint density at radius 3 is 1.57 bits per heavy atom. The summed E-state index contributed by atoms with van der Waals surface area (Å²) in [5, 5.41) is 33.0. The number of nitrogens with zero attached hydrogens (tertiary/aromatic N) is 6. The van der Waals surface area contributed by atoms with Crippen molar-refractivity contribution < 1.29 is 26.4 Å². The maximum Gasteiger partial charge on any atom is 0.137 e. The molecule has 18 aromatic rings. The molecule has 0 saturated carbocycles. The van der Waals surface area contributed by atoms with Gasteiger partial charge in [0.1, 0.15) is 69.0 Å². The maximum atomic E-state index is 18.1. The van der Waals surface area contributed by atoms with Crippen molar-refractivity contribution in [3.63, 3.8) is 0 Å². The third-order valence-corrected chi connectivity index (χ3v) is 21.4. The predicted octanol–water partition coefficient (Wildman–Crippen LogP) is 23.6. The molecular formula is C90H56F4N6O2. The standard InChI is InChI=1S/C90H56F4N6O2/c1-48-23-27-57-58-28-24-49(2)36-75(58)97(74(57)35-48)78-44-54(86-68(91)17-12-18-69(86)92)45-79(66(78)46-95)98-76-37-50(3)25-29-59(76)60-30-26-51(39-77(60)98)38-65-70(93)40-52(41-71(65)94)53-42-80(99-72-19-8-4-13-55(72)61-31-33-84-87(89(61)99)63-15-6-10-21-82(63)101-84)67(47-96)81(43-53)100-73-20-9-5-14-56(73)62-32-34-85-88(90(62)100)64-16-7-11-22-83(64)102-85/h4-6,8,10-15,17-19,21-37,39-45H,7,9,16,20,38H2,1-3H3. The van der Waals surface area contributed by atoms with Crippen LogP contribution < -0.4 is 0 Å². The smallest absolute Gasteiger partial charge is 0.137 e. The molecule has 8 nitrogen and oxygen atoms in total. The summed E-state index contributed by atoms with van der Waals surface area (Å²) in [6.07, 6.45) is 11.4.